The summed E-state index contributed by atoms with van der Waals surface area (Å²) in [5.41, 5.74) is -0.130. The molecule has 0 aliphatic heterocycles. The molecule has 0 spiro atoms. The Balaban J connectivity index is 3.17. The summed E-state index contributed by atoms with van der Waals surface area (Å²) in [6.07, 6.45) is 0. The summed E-state index contributed by atoms with van der Waals surface area (Å²) in [6, 6.07) is 4.45. The van der Waals surface area contributed by atoms with Crippen LogP contribution in [0.3, 0.4) is 0 Å². The Morgan fingerprint density at radius 2 is 1.79 bits per heavy atom. The van der Waals surface area contributed by atoms with Gasteiger partial charge in [0, 0.05) is 0 Å². The Hall–Kier alpha value is -1.77. The smallest absolute Gasteiger partial charge is 0.190 e. The minimum Gasteiger partial charge on any atom is -0.507 e. The first-order valence-corrected chi connectivity index (χ1v) is 4.33. The molecule has 0 radical (unpaired) electrons. The molecule has 0 atom stereocenters. The number of furan rings is 1. The van der Waals surface area contributed by atoms with E-state index in [-0.39, 0.29) is 11.2 Å². The summed E-state index contributed by atoms with van der Waals surface area (Å²) >= 11 is 0. The van der Waals surface area contributed by atoms with Gasteiger partial charge in [0.15, 0.2) is 5.43 Å². The lowest BCUT2D eigenvalue weighted by molar-refractivity contribution is 0.477. The van der Waals surface area contributed by atoms with E-state index >= 15 is 0 Å². The minimum atomic E-state index is -0.130. The van der Waals surface area contributed by atoms with Gasteiger partial charge in [0.25, 0.3) is 0 Å². The third kappa shape index (κ3) is 1.09. The highest BCUT2D eigenvalue weighted by atomic mass is 16.3. The largest absolute Gasteiger partial charge is 0.507 e. The van der Waals surface area contributed by atoms with Gasteiger partial charge in [-0.2, -0.15) is 0 Å². The maximum Gasteiger partial charge on any atom is 0.190 e. The molecule has 0 unspecified atom stereocenters. The van der Waals surface area contributed by atoms with Gasteiger partial charge in [-0.15, -0.1) is 0 Å². The highest BCUT2D eigenvalue weighted by Gasteiger charge is 2.11. The van der Waals surface area contributed by atoms with E-state index in [9.17, 15) is 9.90 Å². The van der Waals surface area contributed by atoms with Crippen LogP contribution in [0.5, 0.6) is 5.75 Å². The topological polar surface area (TPSA) is 50.4 Å². The lowest BCUT2D eigenvalue weighted by atomic mass is 10.2. The third-order valence-electron chi connectivity index (χ3n) is 2.26. The first-order chi connectivity index (χ1) is 6.61. The Labute approximate surface area is 80.6 Å². The first kappa shape index (κ1) is 8.81. The molecule has 1 aromatic carbocycles. The van der Waals surface area contributed by atoms with Gasteiger partial charge in [0.05, 0.1) is 10.8 Å². The SMILES string of the molecule is Cc1oc(C)c2c(=O)cccc(O)c12. The summed E-state index contributed by atoms with van der Waals surface area (Å²) in [5, 5.41) is 10.6. The lowest BCUT2D eigenvalue weighted by Crippen LogP contribution is -1.94. The Morgan fingerprint density at radius 1 is 1.14 bits per heavy atom. The van der Waals surface area contributed by atoms with Gasteiger partial charge in [-0.05, 0) is 26.0 Å². The molecule has 1 aromatic heterocycles. The second kappa shape index (κ2) is 2.87. The van der Waals surface area contributed by atoms with Gasteiger partial charge in [-0.1, -0.05) is 6.07 Å². The van der Waals surface area contributed by atoms with Crippen molar-refractivity contribution in [2.24, 2.45) is 0 Å². The van der Waals surface area contributed by atoms with E-state index in [4.69, 9.17) is 4.42 Å². The predicted octanol–water partition coefficient (Wildman–Crippen LogP) is 2.12. The molecule has 2 rings (SSSR count). The molecular weight excluding hydrogens is 180 g/mol. The van der Waals surface area contributed by atoms with Crippen LogP contribution in [0.4, 0.5) is 0 Å². The van der Waals surface area contributed by atoms with E-state index in [0.717, 1.165) is 0 Å². The van der Waals surface area contributed by atoms with Crippen LogP contribution < -0.4 is 5.43 Å². The van der Waals surface area contributed by atoms with E-state index < -0.39 is 0 Å². The van der Waals surface area contributed by atoms with Gasteiger partial charge in [0.2, 0.25) is 0 Å². The van der Waals surface area contributed by atoms with Crippen LogP contribution in [-0.2, 0) is 0 Å². The molecule has 1 N–H and O–H groups in total. The van der Waals surface area contributed by atoms with E-state index in [1.54, 1.807) is 13.8 Å². The fourth-order valence-electron chi connectivity index (χ4n) is 1.68. The van der Waals surface area contributed by atoms with Gasteiger partial charge in [-0.3, -0.25) is 4.79 Å². The van der Waals surface area contributed by atoms with Gasteiger partial charge in [0.1, 0.15) is 17.3 Å². The zero-order chi connectivity index (χ0) is 10.3. The molecule has 0 aliphatic carbocycles. The van der Waals surface area contributed by atoms with Crippen LogP contribution in [0.25, 0.3) is 10.8 Å². The van der Waals surface area contributed by atoms with Crippen molar-refractivity contribution in [2.45, 2.75) is 13.8 Å². The highest BCUT2D eigenvalue weighted by molar-refractivity contribution is 5.90. The van der Waals surface area contributed by atoms with Crippen LogP contribution in [0.15, 0.2) is 27.4 Å². The molecule has 0 saturated carbocycles. The monoisotopic (exact) mass is 190 g/mol. The predicted molar refractivity (Wildman–Crippen MR) is 53.6 cm³/mol. The molecule has 72 valence electrons. The average Bonchev–Trinajstić information content (AvgIpc) is 2.30. The fourth-order valence-corrected chi connectivity index (χ4v) is 1.68. The van der Waals surface area contributed by atoms with Gasteiger partial charge < -0.3 is 9.52 Å². The van der Waals surface area contributed by atoms with Gasteiger partial charge in [-0.25, -0.2) is 0 Å². The molecule has 3 nitrogen and oxygen atoms in total. The maximum atomic E-state index is 11.6. The molecule has 3 heteroatoms. The molecule has 0 amide bonds. The zero-order valence-corrected chi connectivity index (χ0v) is 8.00. The Morgan fingerprint density at radius 3 is 2.50 bits per heavy atom. The van der Waals surface area contributed by atoms with Crippen LogP contribution in [-0.4, -0.2) is 5.11 Å². The van der Waals surface area contributed by atoms with Crippen LogP contribution in [0, 0.1) is 13.8 Å². The van der Waals surface area contributed by atoms with Crippen molar-refractivity contribution in [3.63, 3.8) is 0 Å². The fraction of sp³-hybridized carbons (Fsp3) is 0.182. The average molecular weight is 190 g/mol. The molecule has 14 heavy (non-hydrogen) atoms. The van der Waals surface area contributed by atoms with Crippen LogP contribution in [0.1, 0.15) is 11.5 Å². The second-order valence-corrected chi connectivity index (χ2v) is 3.24. The summed E-state index contributed by atoms with van der Waals surface area (Å²) in [6.45, 7) is 3.45. The molecule has 0 saturated heterocycles. The molecule has 2 aromatic rings. The summed E-state index contributed by atoms with van der Waals surface area (Å²) < 4.78 is 5.31. The van der Waals surface area contributed by atoms with Gasteiger partial charge >= 0.3 is 0 Å². The number of aryl methyl sites for hydroxylation is 2. The summed E-state index contributed by atoms with van der Waals surface area (Å²) in [5.74, 6) is 1.20. The number of aromatic hydroxyl groups is 1. The quantitative estimate of drug-likeness (QED) is 0.692. The van der Waals surface area contributed by atoms with Crippen molar-refractivity contribution in [1.82, 2.24) is 0 Å². The Bertz CT molecular complexity index is 552. The van der Waals surface area contributed by atoms with Crippen molar-refractivity contribution in [1.29, 1.82) is 0 Å². The normalized spacial score (nSPS) is 10.7. The van der Waals surface area contributed by atoms with Crippen molar-refractivity contribution in [2.75, 3.05) is 0 Å². The highest BCUT2D eigenvalue weighted by Crippen LogP contribution is 2.28. The molecule has 0 bridgehead atoms. The molecule has 0 aliphatic rings. The molecule has 0 fully saturated rings. The zero-order valence-electron chi connectivity index (χ0n) is 8.00. The first-order valence-electron chi connectivity index (χ1n) is 4.33. The molecular formula is C11H10O3. The van der Waals surface area contributed by atoms with E-state index in [1.165, 1.54) is 18.2 Å². The third-order valence-corrected chi connectivity index (χ3v) is 2.26. The van der Waals surface area contributed by atoms with Crippen LogP contribution >= 0.6 is 0 Å². The number of fused-ring (bicyclic) bond motifs is 1. The standard InChI is InChI=1S/C11H10O3/c1-6-10-8(12)4-3-5-9(13)11(10)7(2)14-6/h3-5,12H,1-2H3. The van der Waals surface area contributed by atoms with Crippen molar-refractivity contribution < 1.29 is 9.52 Å². The lowest BCUT2D eigenvalue weighted by Gasteiger charge is -1.87. The van der Waals surface area contributed by atoms with E-state index in [1.807, 2.05) is 0 Å². The van der Waals surface area contributed by atoms with Crippen LogP contribution in [0.2, 0.25) is 0 Å². The number of rotatable bonds is 0. The minimum absolute atomic E-state index is 0.0800. The van der Waals surface area contributed by atoms with E-state index in [0.29, 0.717) is 22.3 Å². The number of hydrogen-bond acceptors (Lipinski definition) is 3. The Kier molecular flexibility index (Phi) is 1.81. The van der Waals surface area contributed by atoms with Crippen molar-refractivity contribution >= 4 is 10.8 Å². The van der Waals surface area contributed by atoms with E-state index in [2.05, 4.69) is 0 Å². The number of hydrogen-bond donors (Lipinski definition) is 1. The van der Waals surface area contributed by atoms with Crippen molar-refractivity contribution in [3.8, 4) is 5.75 Å². The van der Waals surface area contributed by atoms with Crippen molar-refractivity contribution in [3.05, 3.63) is 39.9 Å². The molecule has 1 heterocycles. The second-order valence-electron chi connectivity index (χ2n) is 3.24. The maximum absolute atomic E-state index is 11.6. The summed E-state index contributed by atoms with van der Waals surface area (Å²) in [7, 11) is 0. The summed E-state index contributed by atoms with van der Waals surface area (Å²) in [4.78, 5) is 11.6.